The zero-order valence-corrected chi connectivity index (χ0v) is 11.4. The van der Waals surface area contributed by atoms with Gasteiger partial charge in [0.1, 0.15) is 5.52 Å². The van der Waals surface area contributed by atoms with E-state index in [1.54, 1.807) is 6.20 Å². The topological polar surface area (TPSA) is 51.8 Å². The second kappa shape index (κ2) is 4.30. The van der Waals surface area contributed by atoms with Gasteiger partial charge in [-0.3, -0.25) is 0 Å². The number of nitrogens with zero attached hydrogens (tertiary/aromatic N) is 3. The fourth-order valence-corrected chi connectivity index (χ4v) is 2.35. The summed E-state index contributed by atoms with van der Waals surface area (Å²) in [6.07, 6.45) is 1.63. The minimum absolute atomic E-state index is 0.231. The Hall–Kier alpha value is -1.51. The number of halogens is 1. The van der Waals surface area contributed by atoms with Crippen LogP contribution in [0.5, 0.6) is 0 Å². The molecule has 1 unspecified atom stereocenters. The second-order valence-electron chi connectivity index (χ2n) is 3.86. The lowest BCUT2D eigenvalue weighted by molar-refractivity contribution is 0.563. The number of rotatable bonds is 1. The average molecular weight is 278 g/mol. The van der Waals surface area contributed by atoms with E-state index < -0.39 is 0 Å². The highest BCUT2D eigenvalue weighted by molar-refractivity contribution is 7.28. The van der Waals surface area contributed by atoms with E-state index >= 15 is 0 Å². The van der Waals surface area contributed by atoms with Gasteiger partial charge in [-0.1, -0.05) is 0 Å². The average Bonchev–Trinajstić information content (AvgIpc) is 2.70. The fourth-order valence-electron chi connectivity index (χ4n) is 1.81. The molecule has 0 aliphatic carbocycles. The summed E-state index contributed by atoms with van der Waals surface area (Å²) in [5.74, 6) is 0.645. The molecule has 18 heavy (non-hydrogen) atoms. The first-order chi connectivity index (χ1) is 8.63. The van der Waals surface area contributed by atoms with Crippen molar-refractivity contribution in [1.82, 2.24) is 15.0 Å². The monoisotopic (exact) mass is 277 g/mol. The van der Waals surface area contributed by atoms with Crippen LogP contribution in [0.4, 0.5) is 0 Å². The van der Waals surface area contributed by atoms with Crippen molar-refractivity contribution < 1.29 is 4.42 Å². The molecule has 4 nitrogen and oxygen atoms in total. The van der Waals surface area contributed by atoms with Crippen LogP contribution in [0, 0.1) is 6.92 Å². The summed E-state index contributed by atoms with van der Waals surface area (Å²) in [7, 11) is 2.64. The normalized spacial score (nSPS) is 11.1. The standard InChI is InChI=1S/C12H9ClN3OP/c1-6-15-9-4-7(5-10(18)11(9)17-6)8-2-3-14-12(13)16-8/h2-5H,18H2,1H3. The minimum atomic E-state index is 0.231. The molecule has 0 saturated carbocycles. The Labute approximate surface area is 111 Å². The molecule has 0 radical (unpaired) electrons. The van der Waals surface area contributed by atoms with E-state index in [4.69, 9.17) is 16.0 Å². The molecule has 2 aromatic heterocycles. The van der Waals surface area contributed by atoms with Crippen LogP contribution in [0.1, 0.15) is 5.89 Å². The van der Waals surface area contributed by atoms with Crippen molar-refractivity contribution >= 4 is 37.2 Å². The number of hydrogen-bond acceptors (Lipinski definition) is 4. The highest BCUT2D eigenvalue weighted by Gasteiger charge is 2.09. The molecule has 3 rings (SSSR count). The molecule has 0 N–H and O–H groups in total. The fraction of sp³-hybridized carbons (Fsp3) is 0.0833. The second-order valence-corrected chi connectivity index (χ2v) is 4.82. The van der Waals surface area contributed by atoms with Gasteiger partial charge in [-0.15, -0.1) is 9.24 Å². The third-order valence-electron chi connectivity index (χ3n) is 2.55. The van der Waals surface area contributed by atoms with Crippen molar-refractivity contribution in [3.63, 3.8) is 0 Å². The quantitative estimate of drug-likeness (QED) is 0.507. The van der Waals surface area contributed by atoms with E-state index in [9.17, 15) is 0 Å². The first-order valence-electron chi connectivity index (χ1n) is 5.29. The molecule has 3 aromatic rings. The molecule has 0 aliphatic rings. The summed E-state index contributed by atoms with van der Waals surface area (Å²) >= 11 is 5.80. The highest BCUT2D eigenvalue weighted by atomic mass is 35.5. The van der Waals surface area contributed by atoms with Gasteiger partial charge in [-0.25, -0.2) is 15.0 Å². The van der Waals surface area contributed by atoms with Crippen LogP contribution in [-0.2, 0) is 0 Å². The van der Waals surface area contributed by atoms with Crippen molar-refractivity contribution in [2.75, 3.05) is 0 Å². The molecule has 2 heterocycles. The largest absolute Gasteiger partial charge is 0.440 e. The Morgan fingerprint density at radius 2 is 2.11 bits per heavy atom. The molecule has 1 aromatic carbocycles. The lowest BCUT2D eigenvalue weighted by atomic mass is 10.1. The highest BCUT2D eigenvalue weighted by Crippen LogP contribution is 2.23. The van der Waals surface area contributed by atoms with Crippen molar-refractivity contribution in [3.8, 4) is 11.3 Å². The van der Waals surface area contributed by atoms with Crippen LogP contribution < -0.4 is 5.30 Å². The van der Waals surface area contributed by atoms with Gasteiger partial charge in [-0.05, 0) is 29.8 Å². The van der Waals surface area contributed by atoms with E-state index in [1.807, 2.05) is 25.1 Å². The molecule has 0 aliphatic heterocycles. The smallest absolute Gasteiger partial charge is 0.222 e. The molecule has 0 saturated heterocycles. The first-order valence-corrected chi connectivity index (χ1v) is 6.24. The zero-order valence-electron chi connectivity index (χ0n) is 9.51. The summed E-state index contributed by atoms with van der Waals surface area (Å²) in [5, 5.41) is 1.17. The van der Waals surface area contributed by atoms with Crippen LogP contribution in [0.2, 0.25) is 5.28 Å². The Bertz CT molecular complexity index is 741. The molecular formula is C12H9ClN3OP. The maximum atomic E-state index is 5.80. The molecule has 90 valence electrons. The van der Waals surface area contributed by atoms with Crippen LogP contribution in [-0.4, -0.2) is 15.0 Å². The Balaban J connectivity index is 2.24. The van der Waals surface area contributed by atoms with Gasteiger partial charge < -0.3 is 4.42 Å². The van der Waals surface area contributed by atoms with Crippen molar-refractivity contribution in [1.29, 1.82) is 0 Å². The molecule has 0 bridgehead atoms. The van der Waals surface area contributed by atoms with Crippen molar-refractivity contribution in [3.05, 3.63) is 35.6 Å². The van der Waals surface area contributed by atoms with Gasteiger partial charge in [0, 0.05) is 24.0 Å². The first kappa shape index (κ1) is 11.6. The SMILES string of the molecule is Cc1nc2cc(-c3ccnc(Cl)n3)cc(P)c2o1. The van der Waals surface area contributed by atoms with E-state index in [0.717, 1.165) is 27.7 Å². The van der Waals surface area contributed by atoms with Gasteiger partial charge in [0.2, 0.25) is 5.28 Å². The maximum Gasteiger partial charge on any atom is 0.222 e. The number of fused-ring (bicyclic) bond motifs is 1. The van der Waals surface area contributed by atoms with E-state index in [2.05, 4.69) is 24.2 Å². The van der Waals surface area contributed by atoms with E-state index in [-0.39, 0.29) is 5.28 Å². The van der Waals surface area contributed by atoms with Crippen LogP contribution in [0.15, 0.2) is 28.8 Å². The Morgan fingerprint density at radius 1 is 1.28 bits per heavy atom. The Morgan fingerprint density at radius 3 is 2.89 bits per heavy atom. The van der Waals surface area contributed by atoms with Crippen LogP contribution in [0.3, 0.4) is 0 Å². The number of aromatic nitrogens is 3. The summed E-state index contributed by atoms with van der Waals surface area (Å²) in [5.41, 5.74) is 3.29. The number of oxazole rings is 1. The van der Waals surface area contributed by atoms with Crippen molar-refractivity contribution in [2.45, 2.75) is 6.92 Å². The number of aryl methyl sites for hydroxylation is 1. The van der Waals surface area contributed by atoms with E-state index in [1.165, 1.54) is 0 Å². The predicted molar refractivity (Wildman–Crippen MR) is 74.1 cm³/mol. The predicted octanol–water partition coefficient (Wildman–Crippen LogP) is 2.75. The third kappa shape index (κ3) is 1.98. The van der Waals surface area contributed by atoms with Gasteiger partial charge in [0.25, 0.3) is 0 Å². The molecule has 0 spiro atoms. The summed E-state index contributed by atoms with van der Waals surface area (Å²) in [4.78, 5) is 12.4. The number of benzene rings is 1. The van der Waals surface area contributed by atoms with Gasteiger partial charge in [-0.2, -0.15) is 0 Å². The third-order valence-corrected chi connectivity index (χ3v) is 3.16. The zero-order chi connectivity index (χ0) is 12.7. The van der Waals surface area contributed by atoms with Gasteiger partial charge in [0.05, 0.1) is 5.69 Å². The molecule has 0 fully saturated rings. The molecule has 6 heteroatoms. The van der Waals surface area contributed by atoms with Crippen molar-refractivity contribution in [2.24, 2.45) is 0 Å². The number of hydrogen-bond donors (Lipinski definition) is 0. The molecule has 0 amide bonds. The summed E-state index contributed by atoms with van der Waals surface area (Å²) < 4.78 is 5.52. The van der Waals surface area contributed by atoms with Crippen LogP contribution in [0.25, 0.3) is 22.4 Å². The van der Waals surface area contributed by atoms with E-state index in [0.29, 0.717) is 5.89 Å². The van der Waals surface area contributed by atoms with Gasteiger partial charge in [0.15, 0.2) is 11.5 Å². The summed E-state index contributed by atoms with van der Waals surface area (Å²) in [6, 6.07) is 5.71. The lowest BCUT2D eigenvalue weighted by Crippen LogP contribution is -1.94. The summed E-state index contributed by atoms with van der Waals surface area (Å²) in [6.45, 7) is 1.82. The molecule has 1 atom stereocenters. The minimum Gasteiger partial charge on any atom is -0.440 e. The molecular weight excluding hydrogens is 269 g/mol. The van der Waals surface area contributed by atoms with Gasteiger partial charge >= 0.3 is 0 Å². The Kier molecular flexibility index (Phi) is 2.77. The van der Waals surface area contributed by atoms with Crippen LogP contribution >= 0.6 is 20.8 Å². The maximum absolute atomic E-state index is 5.80. The lowest BCUT2D eigenvalue weighted by Gasteiger charge is -2.02.